The molecule has 6 nitrogen and oxygen atoms in total. The van der Waals surface area contributed by atoms with E-state index in [1.54, 1.807) is 0 Å². The van der Waals surface area contributed by atoms with Crippen LogP contribution in [0.15, 0.2) is 0 Å². The van der Waals surface area contributed by atoms with E-state index in [0.717, 1.165) is 0 Å². The van der Waals surface area contributed by atoms with Crippen LogP contribution in [0.1, 0.15) is 0 Å². The van der Waals surface area contributed by atoms with E-state index in [2.05, 4.69) is 0 Å². The molecule has 0 unspecified atom stereocenters. The van der Waals surface area contributed by atoms with Crippen molar-refractivity contribution in [3.63, 3.8) is 0 Å². The molecule has 0 aromatic rings. The number of rotatable bonds is 0. The topological polar surface area (TPSA) is 109 Å². The van der Waals surface area contributed by atoms with Gasteiger partial charge in [-0.1, -0.05) is 0 Å². The summed E-state index contributed by atoms with van der Waals surface area (Å²) in [7, 11) is -6.08. The van der Waals surface area contributed by atoms with Crippen LogP contribution in [-0.2, 0) is 19.3 Å². The SMILES string of the molecule is O=S(=O)(O)O.O=[Si]=O.[BaH2]. The van der Waals surface area contributed by atoms with Crippen LogP contribution in [0.5, 0.6) is 0 Å². The van der Waals surface area contributed by atoms with Crippen molar-refractivity contribution in [3.8, 4) is 0 Å². The first kappa shape index (κ1) is 16.7. The second-order valence-corrected chi connectivity index (χ2v) is 1.59. The summed E-state index contributed by atoms with van der Waals surface area (Å²) in [6, 6.07) is 0. The van der Waals surface area contributed by atoms with Crippen molar-refractivity contribution in [2.75, 3.05) is 0 Å². The van der Waals surface area contributed by atoms with Crippen molar-refractivity contribution >= 4 is 68.6 Å². The summed E-state index contributed by atoms with van der Waals surface area (Å²) in [6.07, 6.45) is 0. The van der Waals surface area contributed by atoms with Gasteiger partial charge in [0.1, 0.15) is 0 Å². The predicted octanol–water partition coefficient (Wildman–Crippen LogP) is -2.19. The van der Waals surface area contributed by atoms with Crippen molar-refractivity contribution in [3.05, 3.63) is 0 Å². The Morgan fingerprint density at radius 2 is 1.11 bits per heavy atom. The fourth-order valence-corrected chi connectivity index (χ4v) is 0. The third kappa shape index (κ3) is 308. The van der Waals surface area contributed by atoms with E-state index in [9.17, 15) is 0 Å². The molecule has 9 heteroatoms. The van der Waals surface area contributed by atoms with Crippen LogP contribution in [0.4, 0.5) is 0 Å². The normalized spacial score (nSPS) is 7.33. The van der Waals surface area contributed by atoms with Gasteiger partial charge in [-0.25, -0.2) is 0 Å². The molecule has 0 radical (unpaired) electrons. The van der Waals surface area contributed by atoms with Crippen LogP contribution < -0.4 is 0 Å². The first-order chi connectivity index (χ1) is 3.41. The van der Waals surface area contributed by atoms with Crippen molar-refractivity contribution in [2.45, 2.75) is 0 Å². The van der Waals surface area contributed by atoms with Crippen LogP contribution >= 0.6 is 0 Å². The summed E-state index contributed by atoms with van der Waals surface area (Å²) >= 11 is 0. The Balaban J connectivity index is -0.0000000800. The molecule has 0 atom stereocenters. The fourth-order valence-electron chi connectivity index (χ4n) is 0. The summed E-state index contributed by atoms with van der Waals surface area (Å²) in [4.78, 5) is 0. The molecule has 0 heterocycles. The second-order valence-electron chi connectivity index (χ2n) is 0.531. The molecule has 0 aliphatic carbocycles. The van der Waals surface area contributed by atoms with E-state index < -0.39 is 19.7 Å². The molecule has 0 aliphatic rings. The summed E-state index contributed by atoms with van der Waals surface area (Å²) < 4.78 is 48.4. The zero-order valence-corrected chi connectivity index (χ0v) is 5.25. The molecule has 0 aliphatic heterocycles. The molecule has 0 bridgehead atoms. The molecule has 0 rings (SSSR count). The van der Waals surface area contributed by atoms with E-state index in [1.165, 1.54) is 0 Å². The van der Waals surface area contributed by atoms with Crippen LogP contribution in [0.2, 0.25) is 0 Å². The van der Waals surface area contributed by atoms with E-state index >= 15 is 0 Å². The standard InChI is InChI=1S/Ba.H2O4S.O2Si.2H/c;1-5(2,3)4;1-3-2;;/h;(H2,1,2,3,4);;;. The van der Waals surface area contributed by atoms with Gasteiger partial charge in [0.05, 0.1) is 0 Å². The van der Waals surface area contributed by atoms with E-state index in [1.807, 2.05) is 0 Å². The first-order valence-electron chi connectivity index (χ1n) is 1.11. The van der Waals surface area contributed by atoms with Crippen molar-refractivity contribution in [1.82, 2.24) is 0 Å². The van der Waals surface area contributed by atoms with Gasteiger partial charge in [-0.3, -0.25) is 18.0 Å². The predicted molar refractivity (Wildman–Crippen MR) is 29.8 cm³/mol. The summed E-state index contributed by atoms with van der Waals surface area (Å²) in [6.45, 7) is 0. The van der Waals surface area contributed by atoms with Crippen LogP contribution in [0, 0.1) is 0 Å². The molecule has 9 heavy (non-hydrogen) atoms. The monoisotopic (exact) mass is 298 g/mol. The minimum absolute atomic E-state index is 0. The van der Waals surface area contributed by atoms with Crippen molar-refractivity contribution in [2.24, 2.45) is 0 Å². The third-order valence-corrected chi connectivity index (χ3v) is 0. The van der Waals surface area contributed by atoms with Gasteiger partial charge in [0, 0.05) is 0 Å². The average Bonchev–Trinajstić information content (AvgIpc) is 1.27. The van der Waals surface area contributed by atoms with Gasteiger partial charge >= 0.3 is 68.6 Å². The van der Waals surface area contributed by atoms with Gasteiger partial charge < -0.3 is 0 Å². The number of hydrogen-bond donors (Lipinski definition) is 2. The van der Waals surface area contributed by atoms with Gasteiger partial charge in [0.15, 0.2) is 0 Å². The summed E-state index contributed by atoms with van der Waals surface area (Å²) in [5.41, 5.74) is 0. The van der Waals surface area contributed by atoms with Crippen LogP contribution in [0.3, 0.4) is 0 Å². The zero-order chi connectivity index (χ0) is 7.21. The molecule has 0 fully saturated rings. The molecular weight excluding hydrogens is 293 g/mol. The van der Waals surface area contributed by atoms with Gasteiger partial charge in [-0.2, -0.15) is 8.42 Å². The molecule has 0 aromatic carbocycles. The molecule has 2 N–H and O–H groups in total. The van der Waals surface area contributed by atoms with Crippen LogP contribution in [-0.4, -0.2) is 75.7 Å². The Labute approximate surface area is 93.6 Å². The maximum atomic E-state index is 8.74. The third-order valence-electron chi connectivity index (χ3n) is 0. The van der Waals surface area contributed by atoms with Crippen LogP contribution in [0.25, 0.3) is 0 Å². The summed E-state index contributed by atoms with van der Waals surface area (Å²) in [5, 5.41) is 0. The Bertz CT molecular complexity index is 153. The van der Waals surface area contributed by atoms with Gasteiger partial charge in [-0.05, 0) is 0 Å². The molecule has 0 spiro atoms. The van der Waals surface area contributed by atoms with Crippen molar-refractivity contribution in [1.29, 1.82) is 0 Å². The average molecular weight is 298 g/mol. The Hall–Kier alpha value is 1.26. The summed E-state index contributed by atoms with van der Waals surface area (Å²) in [5.74, 6) is 0. The molecule has 0 amide bonds. The Kier molecular flexibility index (Phi) is 17.2. The Morgan fingerprint density at radius 1 is 1.11 bits per heavy atom. The molecule has 0 aromatic heterocycles. The first-order valence-corrected chi connectivity index (χ1v) is 3.32. The Morgan fingerprint density at radius 3 is 1.11 bits per heavy atom. The molecular formula is H4BaO6SSi. The fraction of sp³-hybridized carbons (Fsp3) is 0. The van der Waals surface area contributed by atoms with E-state index in [0.29, 0.717) is 0 Å². The van der Waals surface area contributed by atoms with Gasteiger partial charge in [-0.15, -0.1) is 0 Å². The quantitative estimate of drug-likeness (QED) is 0.388. The minimum atomic E-state index is -4.67. The maximum absolute atomic E-state index is 8.74. The number of hydrogen-bond acceptors (Lipinski definition) is 4. The van der Waals surface area contributed by atoms with Crippen molar-refractivity contribution < 1.29 is 26.4 Å². The van der Waals surface area contributed by atoms with Gasteiger partial charge in [0.2, 0.25) is 0 Å². The second kappa shape index (κ2) is 9.26. The van der Waals surface area contributed by atoms with E-state index in [-0.39, 0.29) is 48.9 Å². The van der Waals surface area contributed by atoms with Gasteiger partial charge in [0.25, 0.3) is 0 Å². The molecule has 0 saturated heterocycles. The molecule has 52 valence electrons. The molecule has 0 saturated carbocycles. The zero-order valence-electron chi connectivity index (χ0n) is 3.44. The van der Waals surface area contributed by atoms with E-state index in [4.69, 9.17) is 26.4 Å².